The largest absolute Gasteiger partial charge is 0.306 e. The highest BCUT2D eigenvalue weighted by Gasteiger charge is 2.15. The van der Waals surface area contributed by atoms with Gasteiger partial charge in [0.05, 0.1) is 11.9 Å². The number of hydrogen-bond acceptors (Lipinski definition) is 2. The zero-order chi connectivity index (χ0) is 17.9. The molecule has 26 heavy (non-hydrogen) atoms. The third-order valence-electron chi connectivity index (χ3n) is 4.96. The van der Waals surface area contributed by atoms with Crippen molar-refractivity contribution in [1.29, 1.82) is 0 Å². The Morgan fingerprint density at radius 3 is 2.50 bits per heavy atom. The Morgan fingerprint density at radius 1 is 0.923 bits per heavy atom. The van der Waals surface area contributed by atoms with Crippen LogP contribution in [0.5, 0.6) is 0 Å². The second-order valence-corrected chi connectivity index (χ2v) is 6.68. The monoisotopic (exact) mass is 341 g/mol. The SMILES string of the molecule is Cc1c([C@@H](C)NCc2ccccc2)cnn1-c1cccc2ccccc12. The molecule has 0 saturated carbocycles. The lowest BCUT2D eigenvalue weighted by atomic mass is 10.1. The first-order valence-corrected chi connectivity index (χ1v) is 9.04. The molecule has 4 aromatic rings. The van der Waals surface area contributed by atoms with Crippen LogP contribution in [-0.4, -0.2) is 9.78 Å². The van der Waals surface area contributed by atoms with Gasteiger partial charge in [0.15, 0.2) is 0 Å². The highest BCUT2D eigenvalue weighted by molar-refractivity contribution is 5.90. The van der Waals surface area contributed by atoms with Crippen molar-refractivity contribution in [1.82, 2.24) is 15.1 Å². The van der Waals surface area contributed by atoms with E-state index in [2.05, 4.69) is 95.7 Å². The molecule has 0 bridgehead atoms. The maximum absolute atomic E-state index is 4.69. The molecule has 4 rings (SSSR count). The van der Waals surface area contributed by atoms with E-state index in [9.17, 15) is 0 Å². The normalized spacial score (nSPS) is 12.4. The van der Waals surface area contributed by atoms with Crippen LogP contribution < -0.4 is 5.32 Å². The molecule has 1 atom stereocenters. The van der Waals surface area contributed by atoms with Crippen molar-refractivity contribution in [3.05, 3.63) is 95.8 Å². The van der Waals surface area contributed by atoms with E-state index >= 15 is 0 Å². The molecule has 130 valence electrons. The minimum atomic E-state index is 0.235. The predicted octanol–water partition coefficient (Wildman–Crippen LogP) is 5.18. The molecule has 3 nitrogen and oxygen atoms in total. The summed E-state index contributed by atoms with van der Waals surface area (Å²) in [5.41, 5.74) is 4.82. The lowest BCUT2D eigenvalue weighted by Crippen LogP contribution is -2.18. The first-order valence-electron chi connectivity index (χ1n) is 9.04. The van der Waals surface area contributed by atoms with Crippen molar-refractivity contribution in [2.24, 2.45) is 0 Å². The first-order chi connectivity index (χ1) is 12.7. The smallest absolute Gasteiger partial charge is 0.0727 e. The quantitative estimate of drug-likeness (QED) is 0.542. The second kappa shape index (κ2) is 7.14. The molecule has 1 aromatic heterocycles. The molecule has 3 aromatic carbocycles. The summed E-state index contributed by atoms with van der Waals surface area (Å²) < 4.78 is 2.05. The van der Waals surface area contributed by atoms with Gasteiger partial charge in [-0.2, -0.15) is 5.10 Å². The standard InChI is InChI=1S/C23H23N3/c1-17(24-15-19-9-4-3-5-10-19)22-16-25-26(18(22)2)23-14-8-12-20-11-6-7-13-21(20)23/h3-14,16-17,24H,15H2,1-2H3/t17-/m1/s1. The maximum atomic E-state index is 4.69. The summed E-state index contributed by atoms with van der Waals surface area (Å²) in [5, 5.41) is 10.7. The summed E-state index contributed by atoms with van der Waals surface area (Å²) in [6.07, 6.45) is 1.99. The van der Waals surface area contributed by atoms with Gasteiger partial charge in [-0.05, 0) is 30.9 Å². The van der Waals surface area contributed by atoms with Crippen molar-refractivity contribution in [2.75, 3.05) is 0 Å². The summed E-state index contributed by atoms with van der Waals surface area (Å²) in [6.45, 7) is 5.19. The van der Waals surface area contributed by atoms with Gasteiger partial charge in [-0.15, -0.1) is 0 Å². The Kier molecular flexibility index (Phi) is 4.55. The molecular weight excluding hydrogens is 318 g/mol. The van der Waals surface area contributed by atoms with Gasteiger partial charge in [0.1, 0.15) is 0 Å². The summed E-state index contributed by atoms with van der Waals surface area (Å²) >= 11 is 0. The van der Waals surface area contributed by atoms with Crippen molar-refractivity contribution in [2.45, 2.75) is 26.4 Å². The van der Waals surface area contributed by atoms with Crippen LogP contribution in [-0.2, 0) is 6.54 Å². The molecule has 0 spiro atoms. The molecule has 0 unspecified atom stereocenters. The van der Waals surface area contributed by atoms with E-state index in [4.69, 9.17) is 0 Å². The zero-order valence-corrected chi connectivity index (χ0v) is 15.2. The second-order valence-electron chi connectivity index (χ2n) is 6.68. The number of rotatable bonds is 5. The molecule has 0 aliphatic heterocycles. The Morgan fingerprint density at radius 2 is 1.65 bits per heavy atom. The Labute approximate surface area is 154 Å². The molecular formula is C23H23N3. The van der Waals surface area contributed by atoms with Crippen molar-refractivity contribution >= 4 is 10.8 Å². The minimum Gasteiger partial charge on any atom is -0.306 e. The van der Waals surface area contributed by atoms with Gasteiger partial charge in [0.2, 0.25) is 0 Å². The molecule has 0 amide bonds. The maximum Gasteiger partial charge on any atom is 0.0727 e. The summed E-state index contributed by atoms with van der Waals surface area (Å²) in [5.74, 6) is 0. The van der Waals surface area contributed by atoms with Gasteiger partial charge in [-0.25, -0.2) is 4.68 Å². The van der Waals surface area contributed by atoms with Crippen LogP contribution in [0.4, 0.5) is 0 Å². The summed E-state index contributed by atoms with van der Waals surface area (Å²) in [4.78, 5) is 0. The van der Waals surface area contributed by atoms with Gasteiger partial charge in [-0.1, -0.05) is 66.7 Å². The fourth-order valence-electron chi connectivity index (χ4n) is 3.46. The average molecular weight is 341 g/mol. The number of fused-ring (bicyclic) bond motifs is 1. The third-order valence-corrected chi connectivity index (χ3v) is 4.96. The van der Waals surface area contributed by atoms with Crippen molar-refractivity contribution in [3.63, 3.8) is 0 Å². The Balaban J connectivity index is 1.61. The van der Waals surface area contributed by atoms with Crippen molar-refractivity contribution < 1.29 is 0 Å². The molecule has 1 heterocycles. The molecule has 0 aliphatic carbocycles. The third kappa shape index (κ3) is 3.14. The molecule has 0 saturated heterocycles. The number of benzene rings is 3. The number of aromatic nitrogens is 2. The van der Waals surface area contributed by atoms with Gasteiger partial charge >= 0.3 is 0 Å². The fraction of sp³-hybridized carbons (Fsp3) is 0.174. The lowest BCUT2D eigenvalue weighted by Gasteiger charge is -2.15. The van der Waals surface area contributed by atoms with Crippen LogP contribution in [0.1, 0.15) is 29.8 Å². The minimum absolute atomic E-state index is 0.235. The highest BCUT2D eigenvalue weighted by Crippen LogP contribution is 2.26. The van der Waals surface area contributed by atoms with Crippen LogP contribution >= 0.6 is 0 Å². The average Bonchev–Trinajstić information content (AvgIpc) is 3.08. The predicted molar refractivity (Wildman–Crippen MR) is 108 cm³/mol. The van der Waals surface area contributed by atoms with Crippen LogP contribution in [0.25, 0.3) is 16.5 Å². The topological polar surface area (TPSA) is 29.9 Å². The molecule has 0 radical (unpaired) electrons. The zero-order valence-electron chi connectivity index (χ0n) is 15.2. The van der Waals surface area contributed by atoms with E-state index in [1.165, 1.54) is 27.6 Å². The van der Waals surface area contributed by atoms with E-state index in [1.54, 1.807) is 0 Å². The molecule has 3 heteroatoms. The number of nitrogens with one attached hydrogen (secondary N) is 1. The number of hydrogen-bond donors (Lipinski definition) is 1. The van der Waals surface area contributed by atoms with Gasteiger partial charge in [-0.3, -0.25) is 0 Å². The van der Waals surface area contributed by atoms with Gasteiger partial charge in [0, 0.05) is 29.2 Å². The van der Waals surface area contributed by atoms with E-state index < -0.39 is 0 Å². The van der Waals surface area contributed by atoms with Gasteiger partial charge < -0.3 is 5.32 Å². The van der Waals surface area contributed by atoms with Crippen LogP contribution in [0, 0.1) is 6.92 Å². The molecule has 1 N–H and O–H groups in total. The first kappa shape index (κ1) is 16.6. The van der Waals surface area contributed by atoms with Crippen LogP contribution in [0.3, 0.4) is 0 Å². The van der Waals surface area contributed by atoms with E-state index in [-0.39, 0.29) is 6.04 Å². The fourth-order valence-corrected chi connectivity index (χ4v) is 3.46. The van der Waals surface area contributed by atoms with E-state index in [0.717, 1.165) is 12.2 Å². The molecule has 0 aliphatic rings. The number of nitrogens with zero attached hydrogens (tertiary/aromatic N) is 2. The van der Waals surface area contributed by atoms with E-state index in [1.807, 2.05) is 12.3 Å². The lowest BCUT2D eigenvalue weighted by molar-refractivity contribution is 0.571. The Bertz CT molecular complexity index is 1010. The van der Waals surface area contributed by atoms with Crippen molar-refractivity contribution in [3.8, 4) is 5.69 Å². The van der Waals surface area contributed by atoms with Crippen LogP contribution in [0.2, 0.25) is 0 Å². The van der Waals surface area contributed by atoms with E-state index in [0.29, 0.717) is 0 Å². The summed E-state index contributed by atoms with van der Waals surface area (Å²) in [6, 6.07) is 25.5. The van der Waals surface area contributed by atoms with Gasteiger partial charge in [0.25, 0.3) is 0 Å². The highest BCUT2D eigenvalue weighted by atomic mass is 15.3. The van der Waals surface area contributed by atoms with Crippen LogP contribution in [0.15, 0.2) is 79.0 Å². The summed E-state index contributed by atoms with van der Waals surface area (Å²) in [7, 11) is 0. The molecule has 0 fully saturated rings. The Hall–Kier alpha value is -2.91.